The molecule has 0 aliphatic carbocycles. The fraction of sp³-hybridized carbons (Fsp3) is 0.429. The molecule has 11 heteroatoms. The summed E-state index contributed by atoms with van der Waals surface area (Å²) in [6, 6.07) is 1.64. The molecule has 1 atom stereocenters. The first kappa shape index (κ1) is 20.2. The minimum atomic E-state index is -0.194. The number of carbonyl (C=O) groups excluding carboxylic acids is 1. The Morgan fingerprint density at radius 3 is 2.88 bits per heavy atom. The first-order valence-electron chi connectivity index (χ1n) is 10.6. The second-order valence-corrected chi connectivity index (χ2v) is 7.91. The summed E-state index contributed by atoms with van der Waals surface area (Å²) in [5, 5.41) is 8.24. The number of aryl methyl sites for hydroxylation is 3. The molecule has 1 saturated heterocycles. The van der Waals surface area contributed by atoms with Gasteiger partial charge >= 0.3 is 0 Å². The standard InChI is InChI=1S/C21H24N8O3/c1-5-29-13(3)15(9-24-29)18-25-17-19(27(18)4)22-11-23-20(17)31-14-6-7-28(10-14)21(30)16-8-12(2)32-26-16/h8-9,11,14H,5-7,10H2,1-4H3/t14-/m0/s1. The molecule has 0 bridgehead atoms. The van der Waals surface area contributed by atoms with E-state index in [0.717, 1.165) is 23.6 Å². The molecule has 4 aromatic rings. The van der Waals surface area contributed by atoms with E-state index in [1.54, 1.807) is 17.9 Å². The Labute approximate surface area is 184 Å². The third-order valence-corrected chi connectivity index (χ3v) is 5.82. The second-order valence-electron chi connectivity index (χ2n) is 7.91. The maximum Gasteiger partial charge on any atom is 0.276 e. The van der Waals surface area contributed by atoms with Gasteiger partial charge in [0.15, 0.2) is 16.9 Å². The van der Waals surface area contributed by atoms with Crippen molar-refractivity contribution in [1.29, 1.82) is 0 Å². The molecule has 4 aromatic heterocycles. The highest BCUT2D eigenvalue weighted by molar-refractivity contribution is 5.92. The van der Waals surface area contributed by atoms with Crippen molar-refractivity contribution < 1.29 is 14.1 Å². The fourth-order valence-corrected chi connectivity index (χ4v) is 4.09. The van der Waals surface area contributed by atoms with E-state index in [-0.39, 0.29) is 12.0 Å². The maximum atomic E-state index is 12.6. The van der Waals surface area contributed by atoms with E-state index in [0.29, 0.717) is 48.0 Å². The minimum absolute atomic E-state index is 0.163. The highest BCUT2D eigenvalue weighted by atomic mass is 16.5. The second kappa shape index (κ2) is 7.74. The molecule has 11 nitrogen and oxygen atoms in total. The van der Waals surface area contributed by atoms with Crippen LogP contribution in [0.3, 0.4) is 0 Å². The van der Waals surface area contributed by atoms with Gasteiger partial charge in [-0.25, -0.2) is 9.97 Å². The van der Waals surface area contributed by atoms with E-state index in [9.17, 15) is 4.79 Å². The largest absolute Gasteiger partial charge is 0.471 e. The fourth-order valence-electron chi connectivity index (χ4n) is 4.09. The van der Waals surface area contributed by atoms with Crippen LogP contribution in [0.5, 0.6) is 5.88 Å². The Morgan fingerprint density at radius 1 is 1.31 bits per heavy atom. The Kier molecular flexibility index (Phi) is 4.87. The van der Waals surface area contributed by atoms with Crippen molar-refractivity contribution in [2.75, 3.05) is 13.1 Å². The zero-order chi connectivity index (χ0) is 22.4. The highest BCUT2D eigenvalue weighted by Crippen LogP contribution is 2.30. The van der Waals surface area contributed by atoms with Gasteiger partial charge in [0.05, 0.1) is 18.3 Å². The van der Waals surface area contributed by atoms with Crippen LogP contribution in [0.15, 0.2) is 23.1 Å². The van der Waals surface area contributed by atoms with Gasteiger partial charge < -0.3 is 18.7 Å². The molecule has 0 saturated carbocycles. The number of hydrogen-bond acceptors (Lipinski definition) is 8. The van der Waals surface area contributed by atoms with Gasteiger partial charge in [0.1, 0.15) is 24.0 Å². The summed E-state index contributed by atoms with van der Waals surface area (Å²) in [6.07, 6.45) is 3.79. The van der Waals surface area contributed by atoms with Crippen LogP contribution >= 0.6 is 0 Å². The molecule has 0 N–H and O–H groups in total. The number of hydrogen-bond donors (Lipinski definition) is 0. The summed E-state index contributed by atoms with van der Waals surface area (Å²) < 4.78 is 15.1. The number of aromatic nitrogens is 7. The molecule has 0 unspecified atom stereocenters. The number of nitrogens with zero attached hydrogens (tertiary/aromatic N) is 8. The Balaban J connectivity index is 1.39. The van der Waals surface area contributed by atoms with Crippen molar-refractivity contribution >= 4 is 17.1 Å². The number of likely N-dealkylation sites (tertiary alicyclic amines) is 1. The summed E-state index contributed by atoms with van der Waals surface area (Å²) in [6.45, 7) is 7.64. The van der Waals surface area contributed by atoms with Gasteiger partial charge in [-0.15, -0.1) is 0 Å². The molecule has 1 amide bonds. The van der Waals surface area contributed by atoms with E-state index in [1.165, 1.54) is 6.33 Å². The topological polar surface area (TPSA) is 117 Å². The van der Waals surface area contributed by atoms with E-state index in [2.05, 4.69) is 27.1 Å². The van der Waals surface area contributed by atoms with Crippen molar-refractivity contribution in [2.45, 2.75) is 39.8 Å². The van der Waals surface area contributed by atoms with E-state index in [4.69, 9.17) is 14.2 Å². The smallest absolute Gasteiger partial charge is 0.276 e. The monoisotopic (exact) mass is 436 g/mol. The van der Waals surface area contributed by atoms with Gasteiger partial charge in [-0.1, -0.05) is 5.16 Å². The van der Waals surface area contributed by atoms with Crippen LogP contribution in [0.4, 0.5) is 0 Å². The van der Waals surface area contributed by atoms with Gasteiger partial charge in [-0.05, 0) is 20.8 Å². The van der Waals surface area contributed by atoms with Crippen molar-refractivity contribution in [2.24, 2.45) is 7.05 Å². The molecular weight excluding hydrogens is 412 g/mol. The number of carbonyl (C=O) groups is 1. The number of rotatable bonds is 5. The summed E-state index contributed by atoms with van der Waals surface area (Å²) in [5.74, 6) is 1.61. The van der Waals surface area contributed by atoms with E-state index >= 15 is 0 Å². The predicted molar refractivity (Wildman–Crippen MR) is 114 cm³/mol. The third kappa shape index (κ3) is 3.29. The zero-order valence-corrected chi connectivity index (χ0v) is 18.4. The summed E-state index contributed by atoms with van der Waals surface area (Å²) in [7, 11) is 1.92. The van der Waals surface area contributed by atoms with Gasteiger partial charge in [0, 0.05) is 38.3 Å². The zero-order valence-electron chi connectivity index (χ0n) is 18.4. The molecule has 5 heterocycles. The normalized spacial score (nSPS) is 16.2. The van der Waals surface area contributed by atoms with Crippen LogP contribution in [0.2, 0.25) is 0 Å². The first-order valence-corrected chi connectivity index (χ1v) is 10.6. The highest BCUT2D eigenvalue weighted by Gasteiger charge is 2.31. The summed E-state index contributed by atoms with van der Waals surface area (Å²) >= 11 is 0. The molecule has 5 rings (SSSR count). The van der Waals surface area contributed by atoms with Crippen LogP contribution in [0, 0.1) is 13.8 Å². The molecule has 166 valence electrons. The average Bonchev–Trinajstić information content (AvgIpc) is 3.56. The molecule has 1 aliphatic heterocycles. The Morgan fingerprint density at radius 2 is 2.16 bits per heavy atom. The molecule has 1 fully saturated rings. The summed E-state index contributed by atoms with van der Waals surface area (Å²) in [5.41, 5.74) is 3.56. The average molecular weight is 436 g/mol. The number of amides is 1. The maximum absolute atomic E-state index is 12.6. The summed E-state index contributed by atoms with van der Waals surface area (Å²) in [4.78, 5) is 27.9. The third-order valence-electron chi connectivity index (χ3n) is 5.82. The lowest BCUT2D eigenvalue weighted by atomic mass is 10.2. The molecule has 0 spiro atoms. The Hall–Kier alpha value is -3.76. The SMILES string of the molecule is CCn1ncc(-c2nc3c(O[C@H]4CCN(C(=O)c5cc(C)on5)C4)ncnc3n2C)c1C. The lowest BCUT2D eigenvalue weighted by Gasteiger charge is -2.15. The van der Waals surface area contributed by atoms with Crippen molar-refractivity contribution in [3.63, 3.8) is 0 Å². The predicted octanol–water partition coefficient (Wildman–Crippen LogP) is 2.15. The van der Waals surface area contributed by atoms with Crippen molar-refractivity contribution in [3.8, 4) is 17.3 Å². The molecule has 1 aliphatic rings. The molecule has 0 aromatic carbocycles. The number of ether oxygens (including phenoxy) is 1. The first-order chi connectivity index (χ1) is 15.5. The van der Waals surface area contributed by atoms with Crippen molar-refractivity contribution in [1.82, 2.24) is 39.4 Å². The van der Waals surface area contributed by atoms with Gasteiger partial charge in [-0.3, -0.25) is 9.48 Å². The van der Waals surface area contributed by atoms with Gasteiger partial charge in [0.25, 0.3) is 5.91 Å². The molecular formula is C21H24N8O3. The van der Waals surface area contributed by atoms with Crippen LogP contribution in [-0.4, -0.2) is 64.5 Å². The van der Waals surface area contributed by atoms with Gasteiger partial charge in [-0.2, -0.15) is 10.1 Å². The lowest BCUT2D eigenvalue weighted by molar-refractivity contribution is 0.0761. The van der Waals surface area contributed by atoms with Crippen LogP contribution < -0.4 is 4.74 Å². The van der Waals surface area contributed by atoms with Crippen LogP contribution in [0.25, 0.3) is 22.6 Å². The lowest BCUT2D eigenvalue weighted by Crippen LogP contribution is -2.31. The van der Waals surface area contributed by atoms with Crippen LogP contribution in [0.1, 0.15) is 35.3 Å². The minimum Gasteiger partial charge on any atom is -0.471 e. The van der Waals surface area contributed by atoms with Gasteiger partial charge in [0.2, 0.25) is 5.88 Å². The molecule has 32 heavy (non-hydrogen) atoms. The quantitative estimate of drug-likeness (QED) is 0.467. The number of imidazole rings is 1. The van der Waals surface area contributed by atoms with E-state index < -0.39 is 0 Å². The number of fused-ring (bicyclic) bond motifs is 1. The molecule has 0 radical (unpaired) electrons. The van der Waals surface area contributed by atoms with E-state index in [1.807, 2.05) is 29.4 Å². The van der Waals surface area contributed by atoms with Crippen LogP contribution in [-0.2, 0) is 13.6 Å². The Bertz CT molecular complexity index is 1300. The van der Waals surface area contributed by atoms with Crippen molar-refractivity contribution in [3.05, 3.63) is 35.7 Å².